The maximum absolute atomic E-state index is 12.7. The summed E-state index contributed by atoms with van der Waals surface area (Å²) in [5.41, 5.74) is 1.47. The summed E-state index contributed by atoms with van der Waals surface area (Å²) in [7, 11) is 0. The third-order valence-corrected chi connectivity index (χ3v) is 4.00. The Hall–Kier alpha value is -3.51. The Morgan fingerprint density at radius 3 is 2.35 bits per heavy atom. The zero-order valence-electron chi connectivity index (χ0n) is 13.5. The molecule has 6 heteroatoms. The summed E-state index contributed by atoms with van der Waals surface area (Å²) < 4.78 is 39.8. The van der Waals surface area contributed by atoms with E-state index in [1.807, 2.05) is 30.3 Å². The highest BCUT2D eigenvalue weighted by molar-refractivity contribution is 5.98. The molecular weight excluding hydrogens is 339 g/mol. The molecule has 2 aromatic carbocycles. The van der Waals surface area contributed by atoms with Gasteiger partial charge in [0, 0.05) is 22.7 Å². The Kier molecular flexibility index (Phi) is 4.51. The summed E-state index contributed by atoms with van der Waals surface area (Å²) in [6, 6.07) is 16.0. The maximum atomic E-state index is 12.7. The lowest BCUT2D eigenvalue weighted by atomic mass is 10.0. The highest BCUT2D eigenvalue weighted by Crippen LogP contribution is 2.31. The van der Waals surface area contributed by atoms with Crippen LogP contribution in [0, 0.1) is 22.7 Å². The topological polar surface area (TPSA) is 52.5 Å². The van der Waals surface area contributed by atoms with Gasteiger partial charge in [-0.2, -0.15) is 23.7 Å². The van der Waals surface area contributed by atoms with Gasteiger partial charge in [-0.25, -0.2) is 0 Å². The first-order chi connectivity index (χ1) is 12.4. The smallest absolute Gasteiger partial charge is 0.333 e. The van der Waals surface area contributed by atoms with Gasteiger partial charge in [0.2, 0.25) is 0 Å². The van der Waals surface area contributed by atoms with Crippen LogP contribution in [0.25, 0.3) is 22.6 Å². The molecule has 26 heavy (non-hydrogen) atoms. The summed E-state index contributed by atoms with van der Waals surface area (Å²) in [4.78, 5) is 0. The molecule has 3 nitrogen and oxygen atoms in total. The van der Waals surface area contributed by atoms with Crippen LogP contribution in [0.1, 0.15) is 16.7 Å². The summed E-state index contributed by atoms with van der Waals surface area (Å²) in [5, 5.41) is 19.3. The van der Waals surface area contributed by atoms with E-state index >= 15 is 0 Å². The minimum Gasteiger partial charge on any atom is -0.333 e. The van der Waals surface area contributed by atoms with Crippen molar-refractivity contribution in [2.45, 2.75) is 12.7 Å². The van der Waals surface area contributed by atoms with Crippen molar-refractivity contribution in [2.24, 2.45) is 0 Å². The van der Waals surface area contributed by atoms with E-state index in [1.165, 1.54) is 12.1 Å². The number of halogens is 3. The molecular formula is C20H12F3N3. The van der Waals surface area contributed by atoms with Crippen LogP contribution in [0.3, 0.4) is 0 Å². The van der Waals surface area contributed by atoms with E-state index < -0.39 is 11.7 Å². The second kappa shape index (κ2) is 6.78. The number of para-hydroxylation sites is 1. The summed E-state index contributed by atoms with van der Waals surface area (Å²) in [6.07, 6.45) is -1.03. The van der Waals surface area contributed by atoms with Crippen LogP contribution in [0.5, 0.6) is 0 Å². The van der Waals surface area contributed by atoms with Crippen LogP contribution in [-0.4, -0.2) is 4.57 Å². The maximum Gasteiger partial charge on any atom is 0.416 e. The van der Waals surface area contributed by atoms with E-state index in [9.17, 15) is 18.4 Å². The van der Waals surface area contributed by atoms with Crippen molar-refractivity contribution in [1.82, 2.24) is 4.57 Å². The molecule has 0 radical (unpaired) electrons. The fraction of sp³-hybridized carbons (Fsp3) is 0.100. The molecule has 0 fully saturated rings. The van der Waals surface area contributed by atoms with Crippen LogP contribution in [0.15, 0.2) is 54.7 Å². The number of aromatic nitrogens is 1. The van der Waals surface area contributed by atoms with E-state index in [1.54, 1.807) is 16.8 Å². The molecule has 0 amide bonds. The fourth-order valence-electron chi connectivity index (χ4n) is 2.77. The number of alkyl halides is 3. The van der Waals surface area contributed by atoms with E-state index in [4.69, 9.17) is 5.26 Å². The number of nitrogens with zero attached hydrogens (tertiary/aromatic N) is 3. The summed E-state index contributed by atoms with van der Waals surface area (Å²) in [5.74, 6) is 0. The zero-order valence-corrected chi connectivity index (χ0v) is 13.5. The number of allylic oxidation sites excluding steroid dienone is 1. The third-order valence-electron chi connectivity index (χ3n) is 4.00. The molecule has 0 bridgehead atoms. The van der Waals surface area contributed by atoms with E-state index in [-0.39, 0.29) is 12.1 Å². The minimum absolute atomic E-state index is 0.163. The Bertz CT molecular complexity index is 1060. The first-order valence-electron chi connectivity index (χ1n) is 7.68. The van der Waals surface area contributed by atoms with Crippen molar-refractivity contribution in [3.05, 3.63) is 71.4 Å². The van der Waals surface area contributed by atoms with Gasteiger partial charge in [-0.05, 0) is 29.8 Å². The van der Waals surface area contributed by atoms with Crippen molar-refractivity contribution in [3.8, 4) is 12.1 Å². The molecule has 0 saturated heterocycles. The predicted octanol–water partition coefficient (Wildman–Crippen LogP) is 5.25. The van der Waals surface area contributed by atoms with Crippen LogP contribution in [0.2, 0.25) is 0 Å². The molecule has 0 N–H and O–H groups in total. The standard InChI is InChI=1S/C20H12F3N3/c21-20(22,23)17-7-5-14(6-8-17)15(12-25)11-16-13-26(10-9-24)19-4-2-1-3-18(16)19/h1-8,11,13H,10H2/b15-11-. The first-order valence-corrected chi connectivity index (χ1v) is 7.68. The SMILES string of the molecule is N#CCn1cc(/C=C(/C#N)c2ccc(C(F)(F)F)cc2)c2ccccc21. The molecule has 1 aromatic heterocycles. The number of hydrogen-bond acceptors (Lipinski definition) is 2. The van der Waals surface area contributed by atoms with Gasteiger partial charge in [-0.3, -0.25) is 0 Å². The van der Waals surface area contributed by atoms with Crippen LogP contribution in [-0.2, 0) is 12.7 Å². The molecule has 3 aromatic rings. The number of benzene rings is 2. The van der Waals surface area contributed by atoms with Crippen molar-refractivity contribution < 1.29 is 13.2 Å². The van der Waals surface area contributed by atoms with Crippen molar-refractivity contribution in [1.29, 1.82) is 10.5 Å². The third kappa shape index (κ3) is 3.31. The minimum atomic E-state index is -4.42. The monoisotopic (exact) mass is 351 g/mol. The van der Waals surface area contributed by atoms with Crippen LogP contribution < -0.4 is 0 Å². The normalized spacial score (nSPS) is 12.0. The average molecular weight is 351 g/mol. The molecule has 0 spiro atoms. The predicted molar refractivity (Wildman–Crippen MR) is 92.5 cm³/mol. The molecule has 1 heterocycles. The average Bonchev–Trinajstić information content (AvgIpc) is 2.97. The number of hydrogen-bond donors (Lipinski definition) is 0. The van der Waals surface area contributed by atoms with E-state index in [0.717, 1.165) is 28.6 Å². The Labute approximate surface area is 147 Å². The fourth-order valence-corrected chi connectivity index (χ4v) is 2.77. The lowest BCUT2D eigenvalue weighted by Crippen LogP contribution is -2.04. The lowest BCUT2D eigenvalue weighted by molar-refractivity contribution is -0.137. The Morgan fingerprint density at radius 2 is 1.73 bits per heavy atom. The van der Waals surface area contributed by atoms with Gasteiger partial charge in [0.05, 0.1) is 23.3 Å². The molecule has 3 rings (SSSR count). The molecule has 0 aliphatic heterocycles. The quantitative estimate of drug-likeness (QED) is 0.605. The highest BCUT2D eigenvalue weighted by atomic mass is 19.4. The molecule has 128 valence electrons. The Morgan fingerprint density at radius 1 is 1.04 bits per heavy atom. The molecule has 0 aliphatic rings. The number of fused-ring (bicyclic) bond motifs is 1. The summed E-state index contributed by atoms with van der Waals surface area (Å²) >= 11 is 0. The van der Waals surface area contributed by atoms with Gasteiger partial charge in [0.15, 0.2) is 0 Å². The van der Waals surface area contributed by atoms with Gasteiger partial charge in [-0.15, -0.1) is 0 Å². The first kappa shape index (κ1) is 17.3. The van der Waals surface area contributed by atoms with Crippen molar-refractivity contribution in [2.75, 3.05) is 0 Å². The molecule has 0 unspecified atom stereocenters. The van der Waals surface area contributed by atoms with Crippen LogP contribution >= 0.6 is 0 Å². The molecule has 0 atom stereocenters. The largest absolute Gasteiger partial charge is 0.416 e. The zero-order chi connectivity index (χ0) is 18.7. The van der Waals surface area contributed by atoms with Crippen molar-refractivity contribution >= 4 is 22.6 Å². The highest BCUT2D eigenvalue weighted by Gasteiger charge is 2.30. The van der Waals surface area contributed by atoms with Crippen LogP contribution in [0.4, 0.5) is 13.2 Å². The van der Waals surface area contributed by atoms with E-state index in [2.05, 4.69) is 6.07 Å². The summed E-state index contributed by atoms with van der Waals surface area (Å²) in [6.45, 7) is 0.163. The lowest BCUT2D eigenvalue weighted by Gasteiger charge is -2.07. The van der Waals surface area contributed by atoms with Gasteiger partial charge in [-0.1, -0.05) is 30.3 Å². The molecule has 0 aliphatic carbocycles. The van der Waals surface area contributed by atoms with Crippen molar-refractivity contribution in [3.63, 3.8) is 0 Å². The number of rotatable bonds is 3. The molecule has 0 saturated carbocycles. The van der Waals surface area contributed by atoms with E-state index in [0.29, 0.717) is 5.56 Å². The second-order valence-corrected chi connectivity index (χ2v) is 5.63. The van der Waals surface area contributed by atoms with Gasteiger partial charge in [0.1, 0.15) is 6.54 Å². The Balaban J connectivity index is 2.07. The van der Waals surface area contributed by atoms with Gasteiger partial charge < -0.3 is 4.57 Å². The van der Waals surface area contributed by atoms with Gasteiger partial charge >= 0.3 is 6.18 Å². The second-order valence-electron chi connectivity index (χ2n) is 5.63. The number of nitriles is 2. The van der Waals surface area contributed by atoms with Gasteiger partial charge in [0.25, 0.3) is 0 Å².